The molecule has 1 atom stereocenters. The largest absolute Gasteiger partial charge is 0.475 e. The number of aliphatic hydroxyl groups excluding tert-OH is 1. The third kappa shape index (κ3) is 3.80. The average Bonchev–Trinajstić information content (AvgIpc) is 2.60. The van der Waals surface area contributed by atoms with E-state index >= 15 is 0 Å². The monoisotopic (exact) mass is 341 g/mol. The van der Waals surface area contributed by atoms with Crippen LogP contribution in [0.1, 0.15) is 23.9 Å². The summed E-state index contributed by atoms with van der Waals surface area (Å²) >= 11 is 2.84. The van der Waals surface area contributed by atoms with Crippen molar-refractivity contribution in [1.82, 2.24) is 4.72 Å². The maximum absolute atomic E-state index is 11.8. The van der Waals surface area contributed by atoms with Crippen LogP contribution in [0.2, 0.25) is 0 Å². The highest BCUT2D eigenvalue weighted by atomic mass is 79.9. The molecule has 0 spiro atoms. The van der Waals surface area contributed by atoms with Gasteiger partial charge in [-0.3, -0.25) is 0 Å². The molecule has 9 heteroatoms. The molecular weight excluding hydrogens is 330 g/mol. The Labute approximate surface area is 112 Å². The molecule has 0 bridgehead atoms. The zero-order valence-electron chi connectivity index (χ0n) is 9.38. The first-order chi connectivity index (χ1) is 8.24. The molecule has 0 saturated heterocycles. The molecule has 1 rings (SSSR count). The summed E-state index contributed by atoms with van der Waals surface area (Å²) in [6, 6.07) is 0.914. The number of carboxylic acid groups (broad SMARTS) is 1. The molecule has 0 aliphatic rings. The molecule has 3 N–H and O–H groups in total. The van der Waals surface area contributed by atoms with E-state index in [2.05, 4.69) is 20.7 Å². The van der Waals surface area contributed by atoms with Crippen molar-refractivity contribution >= 4 is 31.9 Å². The van der Waals surface area contributed by atoms with Crippen LogP contribution in [0.15, 0.2) is 20.0 Å². The van der Waals surface area contributed by atoms with E-state index in [9.17, 15) is 13.2 Å². The average molecular weight is 342 g/mol. The summed E-state index contributed by atoms with van der Waals surface area (Å²) in [7, 11) is -3.86. The van der Waals surface area contributed by atoms with Crippen molar-refractivity contribution in [3.05, 3.63) is 16.5 Å². The van der Waals surface area contributed by atoms with Gasteiger partial charge in [0.05, 0.1) is 6.10 Å². The van der Waals surface area contributed by atoms with E-state index in [1.807, 2.05) is 0 Å². The third-order valence-electron chi connectivity index (χ3n) is 2.01. The van der Waals surface area contributed by atoms with Gasteiger partial charge in [-0.25, -0.2) is 17.9 Å². The van der Waals surface area contributed by atoms with Crippen LogP contribution in [0.4, 0.5) is 0 Å². The first-order valence-corrected chi connectivity index (χ1v) is 7.22. The van der Waals surface area contributed by atoms with Crippen molar-refractivity contribution in [3.8, 4) is 0 Å². The fourth-order valence-corrected chi connectivity index (χ4v) is 3.11. The van der Waals surface area contributed by atoms with Crippen LogP contribution < -0.4 is 4.72 Å². The zero-order valence-corrected chi connectivity index (χ0v) is 11.8. The highest BCUT2D eigenvalue weighted by Crippen LogP contribution is 2.25. The highest BCUT2D eigenvalue weighted by molar-refractivity contribution is 9.10. The van der Waals surface area contributed by atoms with Gasteiger partial charge in [-0.1, -0.05) is 0 Å². The van der Waals surface area contributed by atoms with Crippen molar-refractivity contribution in [2.75, 3.05) is 6.54 Å². The van der Waals surface area contributed by atoms with Crippen molar-refractivity contribution in [2.45, 2.75) is 24.3 Å². The number of aliphatic hydroxyl groups is 1. The van der Waals surface area contributed by atoms with Crippen LogP contribution in [-0.2, 0) is 10.0 Å². The van der Waals surface area contributed by atoms with E-state index in [4.69, 9.17) is 14.6 Å². The van der Waals surface area contributed by atoms with Crippen LogP contribution in [0.25, 0.3) is 0 Å². The topological polar surface area (TPSA) is 117 Å². The minimum atomic E-state index is -3.86. The molecule has 0 fully saturated rings. The number of carbonyl (C=O) groups is 1. The summed E-state index contributed by atoms with van der Waals surface area (Å²) in [5.74, 6) is -1.83. The lowest BCUT2D eigenvalue weighted by atomic mass is 10.3. The number of halogens is 1. The highest BCUT2D eigenvalue weighted by Gasteiger charge is 2.24. The Morgan fingerprint density at radius 3 is 2.67 bits per heavy atom. The smallest absolute Gasteiger partial charge is 0.371 e. The molecule has 1 heterocycles. The Balaban J connectivity index is 2.88. The lowest BCUT2D eigenvalue weighted by Crippen LogP contribution is -2.26. The van der Waals surface area contributed by atoms with E-state index in [1.54, 1.807) is 0 Å². The van der Waals surface area contributed by atoms with E-state index in [0.29, 0.717) is 0 Å². The molecule has 18 heavy (non-hydrogen) atoms. The van der Waals surface area contributed by atoms with Crippen LogP contribution >= 0.6 is 15.9 Å². The van der Waals surface area contributed by atoms with E-state index in [-0.39, 0.29) is 22.5 Å². The Kier molecular flexibility index (Phi) is 4.91. The predicted octanol–water partition coefficient (Wildman–Crippen LogP) is 0.790. The molecule has 7 nitrogen and oxygen atoms in total. The molecule has 0 radical (unpaired) electrons. The Bertz CT molecular complexity index is 535. The minimum Gasteiger partial charge on any atom is -0.475 e. The quantitative estimate of drug-likeness (QED) is 0.704. The van der Waals surface area contributed by atoms with Gasteiger partial charge < -0.3 is 14.6 Å². The van der Waals surface area contributed by atoms with E-state index < -0.39 is 27.9 Å². The summed E-state index contributed by atoms with van der Waals surface area (Å²) in [5.41, 5.74) is 0. The number of furan rings is 1. The Morgan fingerprint density at radius 2 is 2.22 bits per heavy atom. The molecule has 102 valence electrons. The second kappa shape index (κ2) is 5.83. The molecule has 0 aliphatic carbocycles. The van der Waals surface area contributed by atoms with Gasteiger partial charge in [0.15, 0.2) is 4.67 Å². The van der Waals surface area contributed by atoms with Crippen LogP contribution in [0, 0.1) is 0 Å². The number of sulfonamides is 1. The number of rotatable bonds is 6. The fraction of sp³-hybridized carbons (Fsp3) is 0.444. The van der Waals surface area contributed by atoms with Crippen molar-refractivity contribution in [3.63, 3.8) is 0 Å². The second-order valence-corrected chi connectivity index (χ2v) is 6.04. The van der Waals surface area contributed by atoms with E-state index in [0.717, 1.165) is 6.07 Å². The van der Waals surface area contributed by atoms with Crippen molar-refractivity contribution in [2.24, 2.45) is 0 Å². The van der Waals surface area contributed by atoms with Crippen LogP contribution in [-0.4, -0.2) is 37.2 Å². The van der Waals surface area contributed by atoms with Gasteiger partial charge in [-0.05, 0) is 29.3 Å². The maximum atomic E-state index is 11.8. The van der Waals surface area contributed by atoms with Crippen molar-refractivity contribution in [1.29, 1.82) is 0 Å². The molecule has 0 amide bonds. The van der Waals surface area contributed by atoms with Gasteiger partial charge >= 0.3 is 5.97 Å². The van der Waals surface area contributed by atoms with Gasteiger partial charge in [0.25, 0.3) is 0 Å². The fourth-order valence-electron chi connectivity index (χ4n) is 1.12. The summed E-state index contributed by atoms with van der Waals surface area (Å²) in [5, 5.41) is 17.7. The summed E-state index contributed by atoms with van der Waals surface area (Å²) in [6.07, 6.45) is -0.379. The second-order valence-electron chi connectivity index (χ2n) is 3.59. The first-order valence-electron chi connectivity index (χ1n) is 4.94. The van der Waals surface area contributed by atoms with Gasteiger partial charge in [0.2, 0.25) is 15.8 Å². The van der Waals surface area contributed by atoms with E-state index in [1.165, 1.54) is 6.92 Å². The summed E-state index contributed by atoms with van der Waals surface area (Å²) in [4.78, 5) is 10.3. The third-order valence-corrected chi connectivity index (χ3v) is 4.33. The van der Waals surface area contributed by atoms with Gasteiger partial charge in [-0.15, -0.1) is 0 Å². The van der Waals surface area contributed by atoms with Crippen LogP contribution in [0.5, 0.6) is 0 Å². The van der Waals surface area contributed by atoms with Gasteiger partial charge in [0, 0.05) is 12.6 Å². The van der Waals surface area contributed by atoms with Crippen molar-refractivity contribution < 1.29 is 27.8 Å². The molecule has 0 aliphatic heterocycles. The predicted molar refractivity (Wildman–Crippen MR) is 64.9 cm³/mol. The molecule has 0 aromatic carbocycles. The summed E-state index contributed by atoms with van der Waals surface area (Å²) < 4.78 is 30.4. The lowest BCUT2D eigenvalue weighted by molar-refractivity contribution is 0.0661. The molecule has 1 aromatic rings. The maximum Gasteiger partial charge on any atom is 0.371 e. The lowest BCUT2D eigenvalue weighted by Gasteiger charge is -2.06. The number of carboxylic acids is 1. The molecule has 0 saturated carbocycles. The normalized spacial score (nSPS) is 13.5. The number of aromatic carboxylic acids is 1. The molecule has 1 unspecified atom stereocenters. The SMILES string of the molecule is CC(O)CCNS(=O)(=O)c1cc(C(=O)O)oc1Br. The van der Waals surface area contributed by atoms with Crippen LogP contribution in [0.3, 0.4) is 0 Å². The first kappa shape index (κ1) is 15.2. The molecular formula is C9H12BrNO6S. The van der Waals surface area contributed by atoms with Gasteiger partial charge in [-0.2, -0.15) is 0 Å². The Morgan fingerprint density at radius 1 is 1.61 bits per heavy atom. The summed E-state index contributed by atoms with van der Waals surface area (Å²) in [6.45, 7) is 1.57. The minimum absolute atomic E-state index is 0.0417. The standard InChI is InChI=1S/C9H12BrNO6S/c1-5(12)2-3-11-18(15,16)7-4-6(9(13)14)17-8(7)10/h4-5,11-12H,2-3H2,1H3,(H,13,14). The van der Waals surface area contributed by atoms with Gasteiger partial charge in [0.1, 0.15) is 4.90 Å². The molecule has 1 aromatic heterocycles. The number of hydrogen-bond acceptors (Lipinski definition) is 5. The number of hydrogen-bond donors (Lipinski definition) is 3. The Hall–Kier alpha value is -0.900. The zero-order chi connectivity index (χ0) is 13.9. The number of nitrogens with one attached hydrogen (secondary N) is 1.